The second-order valence-corrected chi connectivity index (χ2v) is 5.89. The van der Waals surface area contributed by atoms with E-state index >= 15 is 0 Å². The Hall–Kier alpha value is -1.59. The maximum atomic E-state index is 12.2. The SMILES string of the molecule is COc1cccc(COC(C)C(=O)NC2CCNC(C)C2)c1. The number of rotatable bonds is 6. The lowest BCUT2D eigenvalue weighted by Gasteiger charge is -2.29. The highest BCUT2D eigenvalue weighted by atomic mass is 16.5. The lowest BCUT2D eigenvalue weighted by molar-refractivity contribution is -0.133. The van der Waals surface area contributed by atoms with E-state index in [9.17, 15) is 4.79 Å². The Morgan fingerprint density at radius 1 is 1.50 bits per heavy atom. The molecule has 2 rings (SSSR count). The van der Waals surface area contributed by atoms with Crippen LogP contribution in [0.5, 0.6) is 5.75 Å². The molecule has 1 amide bonds. The van der Waals surface area contributed by atoms with Crippen LogP contribution in [0, 0.1) is 0 Å². The summed E-state index contributed by atoms with van der Waals surface area (Å²) in [5.74, 6) is 0.754. The van der Waals surface area contributed by atoms with Gasteiger partial charge in [0.25, 0.3) is 0 Å². The number of benzene rings is 1. The number of amides is 1. The quantitative estimate of drug-likeness (QED) is 0.842. The third-order valence-electron chi connectivity index (χ3n) is 3.97. The molecule has 0 bridgehead atoms. The maximum Gasteiger partial charge on any atom is 0.249 e. The molecule has 0 aliphatic carbocycles. The number of nitrogens with one attached hydrogen (secondary N) is 2. The molecule has 0 aromatic heterocycles. The van der Waals surface area contributed by atoms with Crippen LogP contribution in [-0.4, -0.2) is 37.7 Å². The van der Waals surface area contributed by atoms with Crippen LogP contribution in [0.4, 0.5) is 0 Å². The summed E-state index contributed by atoms with van der Waals surface area (Å²) in [5, 5.41) is 6.46. The Balaban J connectivity index is 1.78. The largest absolute Gasteiger partial charge is 0.497 e. The van der Waals surface area contributed by atoms with Gasteiger partial charge in [0.1, 0.15) is 11.9 Å². The first kappa shape index (κ1) is 16.8. The zero-order valence-corrected chi connectivity index (χ0v) is 13.6. The van der Waals surface area contributed by atoms with Gasteiger partial charge >= 0.3 is 0 Å². The molecule has 0 saturated carbocycles. The van der Waals surface area contributed by atoms with Gasteiger partial charge in [-0.25, -0.2) is 0 Å². The van der Waals surface area contributed by atoms with Gasteiger partial charge in [0.2, 0.25) is 5.91 Å². The van der Waals surface area contributed by atoms with E-state index in [1.807, 2.05) is 24.3 Å². The van der Waals surface area contributed by atoms with Crippen molar-refractivity contribution in [1.82, 2.24) is 10.6 Å². The molecule has 0 radical (unpaired) electrons. The van der Waals surface area contributed by atoms with E-state index in [4.69, 9.17) is 9.47 Å². The molecule has 5 heteroatoms. The highest BCUT2D eigenvalue weighted by Gasteiger charge is 2.22. The normalized spacial score (nSPS) is 22.9. The molecular formula is C17H26N2O3. The summed E-state index contributed by atoms with van der Waals surface area (Å²) in [6.45, 7) is 5.28. The first-order valence-electron chi connectivity index (χ1n) is 7.86. The van der Waals surface area contributed by atoms with Crippen molar-refractivity contribution in [3.63, 3.8) is 0 Å². The lowest BCUT2D eigenvalue weighted by atomic mass is 10.0. The Morgan fingerprint density at radius 2 is 2.32 bits per heavy atom. The minimum Gasteiger partial charge on any atom is -0.497 e. The molecule has 1 aliphatic heterocycles. The molecular weight excluding hydrogens is 280 g/mol. The van der Waals surface area contributed by atoms with Crippen molar-refractivity contribution < 1.29 is 14.3 Å². The van der Waals surface area contributed by atoms with E-state index in [2.05, 4.69) is 17.6 Å². The molecule has 1 fully saturated rings. The summed E-state index contributed by atoms with van der Waals surface area (Å²) >= 11 is 0. The average Bonchev–Trinajstić information content (AvgIpc) is 2.52. The van der Waals surface area contributed by atoms with Crippen LogP contribution in [0.2, 0.25) is 0 Å². The summed E-state index contributed by atoms with van der Waals surface area (Å²) in [6, 6.07) is 8.37. The van der Waals surface area contributed by atoms with E-state index in [1.54, 1.807) is 14.0 Å². The molecule has 3 unspecified atom stereocenters. The summed E-state index contributed by atoms with van der Waals surface area (Å²) in [6.07, 6.45) is 1.48. The molecule has 2 N–H and O–H groups in total. The predicted octanol–water partition coefficient (Wildman–Crippen LogP) is 1.86. The third kappa shape index (κ3) is 5.00. The molecule has 1 aromatic rings. The van der Waals surface area contributed by atoms with E-state index in [1.165, 1.54) is 0 Å². The van der Waals surface area contributed by atoms with Crippen LogP contribution >= 0.6 is 0 Å². The first-order valence-corrected chi connectivity index (χ1v) is 7.86. The fraction of sp³-hybridized carbons (Fsp3) is 0.588. The summed E-state index contributed by atoms with van der Waals surface area (Å²) < 4.78 is 10.9. The van der Waals surface area contributed by atoms with Gasteiger partial charge < -0.3 is 20.1 Å². The van der Waals surface area contributed by atoms with Gasteiger partial charge in [0.05, 0.1) is 13.7 Å². The zero-order chi connectivity index (χ0) is 15.9. The van der Waals surface area contributed by atoms with Crippen LogP contribution in [0.1, 0.15) is 32.3 Å². The van der Waals surface area contributed by atoms with Crippen LogP contribution in [-0.2, 0) is 16.1 Å². The van der Waals surface area contributed by atoms with Gasteiger partial charge in [-0.05, 0) is 50.9 Å². The van der Waals surface area contributed by atoms with Crippen LogP contribution in [0.25, 0.3) is 0 Å². The number of carbonyl (C=O) groups is 1. The van der Waals surface area contributed by atoms with Crippen LogP contribution < -0.4 is 15.4 Å². The molecule has 3 atom stereocenters. The molecule has 1 aromatic carbocycles. The van der Waals surface area contributed by atoms with Gasteiger partial charge in [0.15, 0.2) is 0 Å². The molecule has 122 valence electrons. The van der Waals surface area contributed by atoms with Crippen LogP contribution in [0.3, 0.4) is 0 Å². The van der Waals surface area contributed by atoms with Crippen molar-refractivity contribution in [3.05, 3.63) is 29.8 Å². The van der Waals surface area contributed by atoms with Gasteiger partial charge in [0, 0.05) is 12.1 Å². The maximum absolute atomic E-state index is 12.2. The molecule has 1 heterocycles. The topological polar surface area (TPSA) is 59.6 Å². The standard InChI is InChI=1S/C17H26N2O3/c1-12-9-15(7-8-18-12)19-17(20)13(2)22-11-14-5-4-6-16(10-14)21-3/h4-6,10,12-13,15,18H,7-9,11H2,1-3H3,(H,19,20). The van der Waals surface area contributed by atoms with E-state index in [0.29, 0.717) is 12.6 Å². The van der Waals surface area contributed by atoms with E-state index < -0.39 is 6.10 Å². The van der Waals surface area contributed by atoms with E-state index in [-0.39, 0.29) is 11.9 Å². The van der Waals surface area contributed by atoms with Crippen molar-refractivity contribution in [1.29, 1.82) is 0 Å². The Morgan fingerprint density at radius 3 is 3.05 bits per heavy atom. The number of hydrogen-bond acceptors (Lipinski definition) is 4. The third-order valence-corrected chi connectivity index (χ3v) is 3.97. The lowest BCUT2D eigenvalue weighted by Crippen LogP contribution is -2.49. The number of methoxy groups -OCH3 is 1. The molecule has 1 saturated heterocycles. The Labute approximate surface area is 132 Å². The summed E-state index contributed by atoms with van der Waals surface area (Å²) in [7, 11) is 1.63. The van der Waals surface area contributed by atoms with Gasteiger partial charge in [-0.2, -0.15) is 0 Å². The number of hydrogen-bond donors (Lipinski definition) is 2. The Bertz CT molecular complexity index is 493. The number of piperidine rings is 1. The highest BCUT2D eigenvalue weighted by Crippen LogP contribution is 2.14. The Kier molecular flexibility index (Phi) is 6.21. The predicted molar refractivity (Wildman–Crippen MR) is 85.9 cm³/mol. The fourth-order valence-corrected chi connectivity index (χ4v) is 2.64. The van der Waals surface area contributed by atoms with E-state index in [0.717, 1.165) is 30.7 Å². The molecule has 5 nitrogen and oxygen atoms in total. The van der Waals surface area contributed by atoms with Crippen molar-refractivity contribution in [2.24, 2.45) is 0 Å². The van der Waals surface area contributed by atoms with Crippen molar-refractivity contribution in [3.8, 4) is 5.75 Å². The minimum absolute atomic E-state index is 0.0398. The number of carbonyl (C=O) groups excluding carboxylic acids is 1. The van der Waals surface area contributed by atoms with Crippen molar-refractivity contribution >= 4 is 5.91 Å². The average molecular weight is 306 g/mol. The number of ether oxygens (including phenoxy) is 2. The molecule has 1 aliphatic rings. The van der Waals surface area contributed by atoms with Crippen LogP contribution in [0.15, 0.2) is 24.3 Å². The monoisotopic (exact) mass is 306 g/mol. The summed E-state index contributed by atoms with van der Waals surface area (Å²) in [4.78, 5) is 12.2. The second-order valence-electron chi connectivity index (χ2n) is 5.89. The van der Waals surface area contributed by atoms with Crippen molar-refractivity contribution in [2.45, 2.75) is 51.5 Å². The summed E-state index contributed by atoms with van der Waals surface area (Å²) in [5.41, 5.74) is 0.995. The first-order chi connectivity index (χ1) is 10.6. The van der Waals surface area contributed by atoms with Gasteiger partial charge in [-0.3, -0.25) is 4.79 Å². The smallest absolute Gasteiger partial charge is 0.249 e. The molecule has 0 spiro atoms. The fourth-order valence-electron chi connectivity index (χ4n) is 2.64. The van der Waals surface area contributed by atoms with Gasteiger partial charge in [-0.15, -0.1) is 0 Å². The van der Waals surface area contributed by atoms with Gasteiger partial charge in [-0.1, -0.05) is 12.1 Å². The molecule has 22 heavy (non-hydrogen) atoms. The highest BCUT2D eigenvalue weighted by molar-refractivity contribution is 5.80. The minimum atomic E-state index is -0.462. The van der Waals surface area contributed by atoms with Crippen molar-refractivity contribution in [2.75, 3.05) is 13.7 Å². The zero-order valence-electron chi connectivity index (χ0n) is 13.6. The second kappa shape index (κ2) is 8.15.